The number of allylic oxidation sites excluding steroid dienone is 4. The Morgan fingerprint density at radius 3 is 2.74 bits per heavy atom. The average Bonchev–Trinajstić information content (AvgIpc) is 3.26. The molecule has 3 aromatic rings. The summed E-state index contributed by atoms with van der Waals surface area (Å²) in [5.41, 5.74) is 11.7. The predicted molar refractivity (Wildman–Crippen MR) is 139 cm³/mol. The molecule has 0 amide bonds. The Labute approximate surface area is 200 Å². The molecule has 0 unspecified atom stereocenters. The molecular weight excluding hydrogens is 427 g/mol. The molecule has 0 saturated carbocycles. The van der Waals surface area contributed by atoms with Crippen molar-refractivity contribution in [3.8, 4) is 0 Å². The van der Waals surface area contributed by atoms with Gasteiger partial charge in [-0.2, -0.15) is 0 Å². The highest BCUT2D eigenvalue weighted by Gasteiger charge is 2.09. The molecule has 0 radical (unpaired) electrons. The Bertz CT molecular complexity index is 1250. The number of pyridine rings is 1. The van der Waals surface area contributed by atoms with Gasteiger partial charge in [-0.15, -0.1) is 0 Å². The first-order valence-corrected chi connectivity index (χ1v) is 11.3. The van der Waals surface area contributed by atoms with E-state index in [1.54, 1.807) is 31.9 Å². The summed E-state index contributed by atoms with van der Waals surface area (Å²) in [7, 11) is 1.72. The van der Waals surface area contributed by atoms with E-state index in [-0.39, 0.29) is 5.82 Å². The SMILES string of the molecule is CCC/C=C/N=C(/C=C(\C)NCc1ccc(/C(C=NC)=C/N)cc1)c1cnc2cc(F)ccn12. The number of aromatic nitrogens is 2. The maximum Gasteiger partial charge on any atom is 0.140 e. The van der Waals surface area contributed by atoms with Crippen molar-refractivity contribution in [2.75, 3.05) is 7.05 Å². The van der Waals surface area contributed by atoms with Crippen molar-refractivity contribution in [3.63, 3.8) is 0 Å². The van der Waals surface area contributed by atoms with Gasteiger partial charge in [-0.05, 0) is 36.6 Å². The van der Waals surface area contributed by atoms with Gasteiger partial charge in [0.15, 0.2) is 0 Å². The smallest absolute Gasteiger partial charge is 0.140 e. The van der Waals surface area contributed by atoms with Crippen LogP contribution in [0.5, 0.6) is 0 Å². The first-order chi connectivity index (χ1) is 16.5. The van der Waals surface area contributed by atoms with Gasteiger partial charge in [0.1, 0.15) is 11.5 Å². The number of nitrogens with two attached hydrogens (primary N) is 1. The van der Waals surface area contributed by atoms with Crippen LogP contribution in [-0.2, 0) is 6.54 Å². The lowest BCUT2D eigenvalue weighted by molar-refractivity contribution is 0.626. The number of rotatable bonds is 10. The molecule has 0 aliphatic heterocycles. The second kappa shape index (κ2) is 12.3. The molecule has 2 aromatic heterocycles. The van der Waals surface area contributed by atoms with E-state index >= 15 is 0 Å². The molecule has 0 atom stereocenters. The van der Waals surface area contributed by atoms with Crippen LogP contribution in [0.25, 0.3) is 11.2 Å². The van der Waals surface area contributed by atoms with E-state index in [4.69, 9.17) is 5.73 Å². The van der Waals surface area contributed by atoms with Crippen molar-refractivity contribution >= 4 is 23.1 Å². The van der Waals surface area contributed by atoms with Gasteiger partial charge in [0.2, 0.25) is 0 Å². The number of aliphatic imine (C=N–C) groups is 2. The summed E-state index contributed by atoms with van der Waals surface area (Å²) in [5, 5.41) is 3.44. The molecule has 0 fully saturated rings. The minimum atomic E-state index is -0.318. The molecule has 0 saturated heterocycles. The van der Waals surface area contributed by atoms with E-state index < -0.39 is 0 Å². The van der Waals surface area contributed by atoms with Crippen LogP contribution >= 0.6 is 0 Å². The number of nitrogens with zero attached hydrogens (tertiary/aromatic N) is 4. The zero-order valence-corrected chi connectivity index (χ0v) is 19.9. The summed E-state index contributed by atoms with van der Waals surface area (Å²) in [4.78, 5) is 13.0. The van der Waals surface area contributed by atoms with Crippen LogP contribution in [0.1, 0.15) is 43.5 Å². The second-order valence-corrected chi connectivity index (χ2v) is 7.79. The van der Waals surface area contributed by atoms with E-state index in [1.165, 1.54) is 12.1 Å². The summed E-state index contributed by atoms with van der Waals surface area (Å²) < 4.78 is 15.4. The van der Waals surface area contributed by atoms with Gasteiger partial charge in [0, 0.05) is 55.7 Å². The fourth-order valence-electron chi connectivity index (χ4n) is 3.36. The standard InChI is InChI=1S/C27H31FN6/c1-4-5-6-12-31-25(26-19-33-27-15-24(28)11-13-34(26)27)14-20(2)32-17-21-7-9-22(10-8-21)23(16-29)18-30-3/h6-16,18-19,32H,4-5,17,29H2,1-3H3/b12-6+,20-14+,23-16+,30-18?,31-25-. The van der Waals surface area contributed by atoms with Crippen molar-refractivity contribution in [1.29, 1.82) is 0 Å². The summed E-state index contributed by atoms with van der Waals surface area (Å²) >= 11 is 0. The van der Waals surface area contributed by atoms with Crippen molar-refractivity contribution < 1.29 is 4.39 Å². The van der Waals surface area contributed by atoms with Gasteiger partial charge >= 0.3 is 0 Å². The zero-order valence-electron chi connectivity index (χ0n) is 19.9. The van der Waals surface area contributed by atoms with Gasteiger partial charge in [-0.25, -0.2) is 9.37 Å². The summed E-state index contributed by atoms with van der Waals surface area (Å²) in [6.07, 6.45) is 14.5. The van der Waals surface area contributed by atoms with Crippen molar-refractivity contribution in [1.82, 2.24) is 14.7 Å². The van der Waals surface area contributed by atoms with E-state index in [0.717, 1.165) is 46.6 Å². The van der Waals surface area contributed by atoms with Gasteiger partial charge in [-0.1, -0.05) is 43.7 Å². The molecule has 0 spiro atoms. The van der Waals surface area contributed by atoms with E-state index in [1.807, 2.05) is 41.8 Å². The summed E-state index contributed by atoms with van der Waals surface area (Å²) in [6, 6.07) is 11.0. The van der Waals surface area contributed by atoms with E-state index in [0.29, 0.717) is 12.2 Å². The lowest BCUT2D eigenvalue weighted by atomic mass is 10.1. The molecular formula is C27H31FN6. The van der Waals surface area contributed by atoms with Crippen molar-refractivity contribution in [2.24, 2.45) is 15.7 Å². The number of nitrogens with one attached hydrogen (secondary N) is 1. The Kier molecular flexibility index (Phi) is 8.91. The maximum atomic E-state index is 13.6. The molecule has 34 heavy (non-hydrogen) atoms. The largest absolute Gasteiger partial charge is 0.404 e. The average molecular weight is 459 g/mol. The monoisotopic (exact) mass is 458 g/mol. The number of imidazole rings is 1. The fraction of sp³-hybridized carbons (Fsp3) is 0.222. The molecule has 176 valence electrons. The number of halogens is 1. The van der Waals surface area contributed by atoms with E-state index in [2.05, 4.69) is 39.3 Å². The Morgan fingerprint density at radius 2 is 2.03 bits per heavy atom. The molecule has 2 heterocycles. The lowest BCUT2D eigenvalue weighted by Gasteiger charge is -2.09. The number of hydrogen-bond donors (Lipinski definition) is 2. The molecule has 0 bridgehead atoms. The third-order valence-electron chi connectivity index (χ3n) is 5.17. The minimum absolute atomic E-state index is 0.318. The third-order valence-corrected chi connectivity index (χ3v) is 5.17. The first-order valence-electron chi connectivity index (χ1n) is 11.3. The van der Waals surface area contributed by atoms with Gasteiger partial charge in [0.25, 0.3) is 0 Å². The number of hydrogen-bond acceptors (Lipinski definition) is 5. The first kappa shape index (κ1) is 24.6. The second-order valence-electron chi connectivity index (χ2n) is 7.79. The van der Waals surface area contributed by atoms with Crippen molar-refractivity contribution in [3.05, 3.63) is 102 Å². The highest BCUT2D eigenvalue weighted by atomic mass is 19.1. The normalized spacial score (nSPS) is 13.5. The minimum Gasteiger partial charge on any atom is -0.404 e. The quantitative estimate of drug-likeness (QED) is 0.406. The molecule has 0 aliphatic rings. The summed E-state index contributed by atoms with van der Waals surface area (Å²) in [6.45, 7) is 4.78. The predicted octanol–water partition coefficient (Wildman–Crippen LogP) is 5.27. The molecule has 6 nitrogen and oxygen atoms in total. The van der Waals surface area contributed by atoms with Crippen LogP contribution in [0.15, 0.2) is 89.0 Å². The maximum absolute atomic E-state index is 13.6. The number of unbranched alkanes of at least 4 members (excludes halogenated alkanes) is 1. The van der Waals surface area contributed by atoms with Gasteiger partial charge < -0.3 is 11.1 Å². The lowest BCUT2D eigenvalue weighted by Crippen LogP contribution is -2.13. The van der Waals surface area contributed by atoms with Crippen molar-refractivity contribution in [2.45, 2.75) is 33.2 Å². The number of fused-ring (bicyclic) bond motifs is 1. The molecule has 0 aliphatic carbocycles. The molecule has 1 aromatic carbocycles. The van der Waals surface area contributed by atoms with Gasteiger partial charge in [-0.3, -0.25) is 14.4 Å². The van der Waals surface area contributed by atoms with Crippen LogP contribution in [0.2, 0.25) is 0 Å². The van der Waals surface area contributed by atoms with Crippen LogP contribution in [0, 0.1) is 5.82 Å². The highest BCUT2D eigenvalue weighted by molar-refractivity contribution is 6.09. The van der Waals surface area contributed by atoms with Gasteiger partial charge in [0.05, 0.1) is 17.6 Å². The molecule has 7 heteroatoms. The third kappa shape index (κ3) is 6.51. The Hall–Kier alpha value is -4.00. The molecule has 3 N–H and O–H groups in total. The van der Waals surface area contributed by atoms with Crippen LogP contribution < -0.4 is 11.1 Å². The molecule has 3 rings (SSSR count). The summed E-state index contributed by atoms with van der Waals surface area (Å²) in [5.74, 6) is -0.318. The fourth-order valence-corrected chi connectivity index (χ4v) is 3.36. The van der Waals surface area contributed by atoms with Crippen LogP contribution in [0.3, 0.4) is 0 Å². The van der Waals surface area contributed by atoms with E-state index in [9.17, 15) is 4.39 Å². The Morgan fingerprint density at radius 1 is 1.24 bits per heavy atom. The highest BCUT2D eigenvalue weighted by Crippen LogP contribution is 2.14. The van der Waals surface area contributed by atoms with Crippen LogP contribution in [-0.4, -0.2) is 28.4 Å². The Balaban J connectivity index is 1.79. The zero-order chi connectivity index (χ0) is 24.3. The topological polar surface area (TPSA) is 80.1 Å². The van der Waals surface area contributed by atoms with Crippen LogP contribution in [0.4, 0.5) is 4.39 Å². The number of benzene rings is 1.